The van der Waals surface area contributed by atoms with E-state index in [0.29, 0.717) is 11.5 Å². The molecular weight excluding hydrogens is 267 g/mol. The molecule has 1 aliphatic carbocycles. The molecule has 4 heteroatoms. The zero-order valence-corrected chi connectivity index (χ0v) is 12.7. The molecule has 3 nitrogen and oxygen atoms in total. The van der Waals surface area contributed by atoms with Gasteiger partial charge in [-0.3, -0.25) is 4.90 Å². The minimum Gasteiger partial charge on any atom is -0.505 e. The van der Waals surface area contributed by atoms with E-state index in [1.807, 2.05) is 6.07 Å². The van der Waals surface area contributed by atoms with Crippen LogP contribution < -0.4 is 5.32 Å². The predicted molar refractivity (Wildman–Crippen MR) is 81.9 cm³/mol. The molecule has 1 saturated carbocycles. The van der Waals surface area contributed by atoms with Crippen LogP contribution in [-0.4, -0.2) is 36.2 Å². The summed E-state index contributed by atoms with van der Waals surface area (Å²) in [6, 6.07) is 3.89. The van der Waals surface area contributed by atoms with Gasteiger partial charge in [0.1, 0.15) is 0 Å². The van der Waals surface area contributed by atoms with Crippen LogP contribution in [0, 0.1) is 18.7 Å². The van der Waals surface area contributed by atoms with E-state index in [4.69, 9.17) is 0 Å². The van der Waals surface area contributed by atoms with Crippen LogP contribution in [0.3, 0.4) is 0 Å². The SMILES string of the molecule is Cc1ccc([C@@H](C2CCCC2)N2CCNCC2)c(O)c1F. The van der Waals surface area contributed by atoms with Crippen LogP contribution in [0.2, 0.25) is 0 Å². The molecule has 0 radical (unpaired) electrons. The number of aryl methyl sites for hydroxylation is 1. The summed E-state index contributed by atoms with van der Waals surface area (Å²) < 4.78 is 14.1. The quantitative estimate of drug-likeness (QED) is 0.899. The van der Waals surface area contributed by atoms with Gasteiger partial charge in [-0.05, 0) is 31.2 Å². The molecule has 21 heavy (non-hydrogen) atoms. The minimum absolute atomic E-state index is 0.134. The Balaban J connectivity index is 1.96. The number of halogens is 1. The van der Waals surface area contributed by atoms with Crippen LogP contribution in [0.25, 0.3) is 0 Å². The Kier molecular flexibility index (Phi) is 4.45. The number of nitrogens with one attached hydrogen (secondary N) is 1. The predicted octanol–water partition coefficient (Wildman–Crippen LogP) is 2.98. The van der Waals surface area contributed by atoms with Crippen LogP contribution in [0.15, 0.2) is 12.1 Å². The lowest BCUT2D eigenvalue weighted by Gasteiger charge is -2.39. The molecule has 1 aromatic carbocycles. The summed E-state index contributed by atoms with van der Waals surface area (Å²) in [5.74, 6) is -0.0489. The highest BCUT2D eigenvalue weighted by Gasteiger charge is 2.34. The Morgan fingerprint density at radius 3 is 2.57 bits per heavy atom. The number of rotatable bonds is 3. The third-order valence-corrected chi connectivity index (χ3v) is 5.05. The number of hydrogen-bond donors (Lipinski definition) is 2. The zero-order chi connectivity index (χ0) is 14.8. The van der Waals surface area contributed by atoms with Crippen molar-refractivity contribution in [3.63, 3.8) is 0 Å². The molecule has 2 aliphatic rings. The van der Waals surface area contributed by atoms with Gasteiger partial charge in [0.25, 0.3) is 0 Å². The van der Waals surface area contributed by atoms with Crippen molar-refractivity contribution in [3.05, 3.63) is 29.1 Å². The van der Waals surface area contributed by atoms with Gasteiger partial charge in [0, 0.05) is 37.8 Å². The highest BCUT2D eigenvalue weighted by molar-refractivity contribution is 5.40. The molecule has 1 aromatic rings. The lowest BCUT2D eigenvalue weighted by atomic mass is 9.88. The number of phenolic OH excluding ortho intramolecular Hbond substituents is 1. The van der Waals surface area contributed by atoms with Gasteiger partial charge >= 0.3 is 0 Å². The van der Waals surface area contributed by atoms with E-state index in [0.717, 1.165) is 31.7 Å². The highest BCUT2D eigenvalue weighted by atomic mass is 19.1. The second-order valence-corrected chi connectivity index (χ2v) is 6.41. The molecule has 0 bridgehead atoms. The molecule has 116 valence electrons. The summed E-state index contributed by atoms with van der Waals surface area (Å²) in [5.41, 5.74) is 1.30. The van der Waals surface area contributed by atoms with E-state index in [1.165, 1.54) is 25.7 Å². The average molecular weight is 292 g/mol. The van der Waals surface area contributed by atoms with Gasteiger partial charge in [-0.2, -0.15) is 0 Å². The second kappa shape index (κ2) is 6.32. The molecule has 1 heterocycles. The van der Waals surface area contributed by atoms with Crippen LogP contribution in [0.1, 0.15) is 42.9 Å². The Labute approximate surface area is 126 Å². The first kappa shape index (κ1) is 14.8. The maximum absolute atomic E-state index is 14.1. The molecule has 3 rings (SSSR count). The van der Waals surface area contributed by atoms with Crippen molar-refractivity contribution < 1.29 is 9.50 Å². The Bertz CT molecular complexity index is 494. The second-order valence-electron chi connectivity index (χ2n) is 6.41. The van der Waals surface area contributed by atoms with Gasteiger partial charge in [0.05, 0.1) is 0 Å². The molecular formula is C17H25FN2O. The van der Waals surface area contributed by atoms with Gasteiger partial charge in [0.15, 0.2) is 11.6 Å². The molecule has 0 aromatic heterocycles. The van der Waals surface area contributed by atoms with Gasteiger partial charge < -0.3 is 10.4 Å². The van der Waals surface area contributed by atoms with Gasteiger partial charge in [-0.1, -0.05) is 25.0 Å². The normalized spacial score (nSPS) is 22.6. The smallest absolute Gasteiger partial charge is 0.168 e. The number of phenols is 1. The number of benzene rings is 1. The minimum atomic E-state index is -0.453. The van der Waals surface area contributed by atoms with Crippen LogP contribution in [-0.2, 0) is 0 Å². The first-order chi connectivity index (χ1) is 10.2. The van der Waals surface area contributed by atoms with E-state index in [9.17, 15) is 9.50 Å². The number of piperazine rings is 1. The molecule has 0 spiro atoms. The average Bonchev–Trinajstić information content (AvgIpc) is 3.03. The van der Waals surface area contributed by atoms with E-state index < -0.39 is 5.82 Å². The summed E-state index contributed by atoms with van der Waals surface area (Å²) in [6.07, 6.45) is 4.87. The van der Waals surface area contributed by atoms with Crippen LogP contribution in [0.5, 0.6) is 5.75 Å². The van der Waals surface area contributed by atoms with Crippen molar-refractivity contribution in [1.29, 1.82) is 0 Å². The summed E-state index contributed by atoms with van der Waals surface area (Å²) in [6.45, 7) is 5.58. The fraction of sp³-hybridized carbons (Fsp3) is 0.647. The maximum Gasteiger partial charge on any atom is 0.168 e. The third-order valence-electron chi connectivity index (χ3n) is 5.05. The first-order valence-corrected chi connectivity index (χ1v) is 8.11. The largest absolute Gasteiger partial charge is 0.505 e. The summed E-state index contributed by atoms with van der Waals surface area (Å²) in [4.78, 5) is 2.43. The Morgan fingerprint density at radius 2 is 1.90 bits per heavy atom. The van der Waals surface area contributed by atoms with Gasteiger partial charge in [-0.15, -0.1) is 0 Å². The topological polar surface area (TPSA) is 35.5 Å². The zero-order valence-electron chi connectivity index (χ0n) is 12.7. The van der Waals surface area contributed by atoms with Crippen molar-refractivity contribution in [2.24, 2.45) is 5.92 Å². The third kappa shape index (κ3) is 2.92. The lowest BCUT2D eigenvalue weighted by Crippen LogP contribution is -2.46. The van der Waals surface area contributed by atoms with Crippen molar-refractivity contribution in [2.45, 2.75) is 38.6 Å². The standard InChI is InChI=1S/C17H25FN2O/c1-12-6-7-14(17(21)15(12)18)16(13-4-2-3-5-13)20-10-8-19-9-11-20/h6-7,13,16,19,21H,2-5,8-11H2,1H3/t16-/m1/s1. The lowest BCUT2D eigenvalue weighted by molar-refractivity contribution is 0.123. The summed E-state index contributed by atoms with van der Waals surface area (Å²) in [5, 5.41) is 13.7. The van der Waals surface area contributed by atoms with E-state index in [-0.39, 0.29) is 11.8 Å². The van der Waals surface area contributed by atoms with E-state index in [1.54, 1.807) is 13.0 Å². The number of aromatic hydroxyl groups is 1. The number of hydrogen-bond acceptors (Lipinski definition) is 3. The maximum atomic E-state index is 14.1. The fourth-order valence-electron chi connectivity index (χ4n) is 3.90. The molecule has 0 unspecified atom stereocenters. The molecule has 1 aliphatic heterocycles. The first-order valence-electron chi connectivity index (χ1n) is 8.11. The molecule has 0 amide bonds. The molecule has 2 N–H and O–H groups in total. The summed E-state index contributed by atoms with van der Waals surface area (Å²) in [7, 11) is 0. The van der Waals surface area contributed by atoms with Crippen molar-refractivity contribution in [3.8, 4) is 5.75 Å². The highest BCUT2D eigenvalue weighted by Crippen LogP contribution is 2.43. The molecule has 1 atom stereocenters. The molecule has 1 saturated heterocycles. The van der Waals surface area contributed by atoms with Crippen molar-refractivity contribution in [1.82, 2.24) is 10.2 Å². The fourth-order valence-corrected chi connectivity index (χ4v) is 3.90. The van der Waals surface area contributed by atoms with Gasteiger partial charge in [0.2, 0.25) is 0 Å². The van der Waals surface area contributed by atoms with Crippen LogP contribution >= 0.6 is 0 Å². The van der Waals surface area contributed by atoms with E-state index >= 15 is 0 Å². The van der Waals surface area contributed by atoms with Crippen molar-refractivity contribution in [2.75, 3.05) is 26.2 Å². The number of nitrogens with zero attached hydrogens (tertiary/aromatic N) is 1. The molecule has 2 fully saturated rings. The van der Waals surface area contributed by atoms with Crippen molar-refractivity contribution >= 4 is 0 Å². The van der Waals surface area contributed by atoms with Crippen LogP contribution in [0.4, 0.5) is 4.39 Å². The monoisotopic (exact) mass is 292 g/mol. The summed E-state index contributed by atoms with van der Waals surface area (Å²) >= 11 is 0. The van der Waals surface area contributed by atoms with Gasteiger partial charge in [-0.25, -0.2) is 4.39 Å². The van der Waals surface area contributed by atoms with E-state index in [2.05, 4.69) is 10.2 Å². The Morgan fingerprint density at radius 1 is 1.24 bits per heavy atom. The Hall–Kier alpha value is -1.13.